The van der Waals surface area contributed by atoms with Crippen molar-refractivity contribution >= 4 is 17.6 Å². The van der Waals surface area contributed by atoms with Crippen LogP contribution in [0.4, 0.5) is 5.69 Å². The lowest BCUT2D eigenvalue weighted by Gasteiger charge is -2.34. The Labute approximate surface area is 125 Å². The van der Waals surface area contributed by atoms with Gasteiger partial charge < -0.3 is 10.4 Å². The first-order valence-electron chi connectivity index (χ1n) is 7.47. The van der Waals surface area contributed by atoms with Gasteiger partial charge in [-0.1, -0.05) is 32.4 Å². The number of benzene rings is 1. The molecule has 0 aromatic heterocycles. The number of carbonyl (C=O) groups excluding carboxylic acids is 1. The van der Waals surface area contributed by atoms with Crippen molar-refractivity contribution in [3.8, 4) is 0 Å². The molecule has 1 saturated carbocycles. The lowest BCUT2D eigenvalue weighted by atomic mass is 9.72. The molecule has 0 bridgehead atoms. The lowest BCUT2D eigenvalue weighted by Crippen LogP contribution is -2.31. The smallest absolute Gasteiger partial charge is 0.307 e. The summed E-state index contributed by atoms with van der Waals surface area (Å²) in [5.74, 6) is -0.764. The van der Waals surface area contributed by atoms with Gasteiger partial charge in [0.05, 0.1) is 6.42 Å². The highest BCUT2D eigenvalue weighted by Gasteiger charge is 2.31. The van der Waals surface area contributed by atoms with Crippen LogP contribution in [0, 0.1) is 11.3 Å². The number of carbonyl (C=O) groups is 2. The highest BCUT2D eigenvalue weighted by atomic mass is 16.4. The third kappa shape index (κ3) is 4.59. The minimum absolute atomic E-state index is 0.0276. The van der Waals surface area contributed by atoms with Crippen molar-refractivity contribution in [2.45, 2.75) is 46.0 Å². The number of carboxylic acids is 1. The first-order chi connectivity index (χ1) is 9.85. The second-order valence-electron chi connectivity index (χ2n) is 6.72. The van der Waals surface area contributed by atoms with E-state index in [1.165, 1.54) is 6.42 Å². The van der Waals surface area contributed by atoms with Gasteiger partial charge in [0.25, 0.3) is 0 Å². The Morgan fingerprint density at radius 3 is 2.81 bits per heavy atom. The molecule has 0 aliphatic heterocycles. The van der Waals surface area contributed by atoms with E-state index in [-0.39, 0.29) is 23.7 Å². The third-order valence-electron chi connectivity index (χ3n) is 4.13. The highest BCUT2D eigenvalue weighted by Crippen LogP contribution is 2.38. The number of rotatable bonds is 4. The molecule has 2 N–H and O–H groups in total. The Morgan fingerprint density at radius 2 is 2.14 bits per heavy atom. The van der Waals surface area contributed by atoms with Crippen LogP contribution in [0.3, 0.4) is 0 Å². The molecule has 4 nitrogen and oxygen atoms in total. The summed E-state index contributed by atoms with van der Waals surface area (Å²) < 4.78 is 0. The van der Waals surface area contributed by atoms with Crippen molar-refractivity contribution in [1.82, 2.24) is 0 Å². The summed E-state index contributed by atoms with van der Waals surface area (Å²) in [6.07, 6.45) is 4.08. The van der Waals surface area contributed by atoms with Crippen molar-refractivity contribution in [3.63, 3.8) is 0 Å². The fourth-order valence-corrected chi connectivity index (χ4v) is 3.10. The second kappa shape index (κ2) is 6.29. The van der Waals surface area contributed by atoms with Crippen LogP contribution in [0.2, 0.25) is 0 Å². The summed E-state index contributed by atoms with van der Waals surface area (Å²) in [7, 11) is 0. The summed E-state index contributed by atoms with van der Waals surface area (Å²) in [5.41, 5.74) is 1.61. The van der Waals surface area contributed by atoms with E-state index in [0.717, 1.165) is 19.3 Å². The van der Waals surface area contributed by atoms with Gasteiger partial charge in [-0.25, -0.2) is 0 Å². The van der Waals surface area contributed by atoms with E-state index >= 15 is 0 Å². The predicted molar refractivity (Wildman–Crippen MR) is 82.2 cm³/mol. The Morgan fingerprint density at radius 1 is 1.38 bits per heavy atom. The van der Waals surface area contributed by atoms with Crippen molar-refractivity contribution < 1.29 is 14.7 Å². The zero-order chi connectivity index (χ0) is 15.5. The minimum Gasteiger partial charge on any atom is -0.481 e. The topological polar surface area (TPSA) is 66.4 Å². The van der Waals surface area contributed by atoms with Gasteiger partial charge in [0.15, 0.2) is 0 Å². The van der Waals surface area contributed by atoms with E-state index < -0.39 is 5.97 Å². The number of aliphatic carboxylic acids is 1. The molecular weight excluding hydrogens is 266 g/mol. The number of carboxylic acid groups (broad SMARTS) is 1. The maximum absolute atomic E-state index is 12.4. The number of nitrogens with one attached hydrogen (secondary N) is 1. The second-order valence-corrected chi connectivity index (χ2v) is 6.72. The van der Waals surface area contributed by atoms with Crippen LogP contribution in [-0.2, 0) is 16.0 Å². The molecule has 4 heteroatoms. The van der Waals surface area contributed by atoms with E-state index in [1.54, 1.807) is 24.3 Å². The van der Waals surface area contributed by atoms with Crippen LogP contribution >= 0.6 is 0 Å². The fourth-order valence-electron chi connectivity index (χ4n) is 3.10. The quantitative estimate of drug-likeness (QED) is 0.892. The maximum Gasteiger partial charge on any atom is 0.307 e. The van der Waals surface area contributed by atoms with Gasteiger partial charge in [-0.3, -0.25) is 9.59 Å². The molecule has 0 spiro atoms. The minimum atomic E-state index is -0.868. The molecule has 0 radical (unpaired) electrons. The fraction of sp³-hybridized carbons (Fsp3) is 0.529. The lowest BCUT2D eigenvalue weighted by molar-refractivity contribution is -0.136. The number of anilines is 1. The molecule has 1 aromatic carbocycles. The summed E-state index contributed by atoms with van der Waals surface area (Å²) in [4.78, 5) is 23.1. The normalized spacial score (nSPS) is 20.8. The van der Waals surface area contributed by atoms with Gasteiger partial charge in [0.1, 0.15) is 0 Å². The molecule has 2 rings (SSSR count). The third-order valence-corrected chi connectivity index (χ3v) is 4.13. The predicted octanol–water partition coefficient (Wildman–Crippen LogP) is 3.47. The summed E-state index contributed by atoms with van der Waals surface area (Å²) >= 11 is 0. The van der Waals surface area contributed by atoms with Crippen LogP contribution in [0.5, 0.6) is 0 Å². The molecule has 1 aliphatic carbocycles. The van der Waals surface area contributed by atoms with Gasteiger partial charge in [-0.2, -0.15) is 0 Å². The SMILES string of the molecule is CC1(C)CCCC(C(=O)Nc2cccc(CC(=O)O)c2)C1. The zero-order valence-electron chi connectivity index (χ0n) is 12.7. The highest BCUT2D eigenvalue weighted by molar-refractivity contribution is 5.92. The average molecular weight is 289 g/mol. The van der Waals surface area contributed by atoms with Crippen molar-refractivity contribution in [2.24, 2.45) is 11.3 Å². The summed E-state index contributed by atoms with van der Waals surface area (Å²) in [6.45, 7) is 4.42. The first-order valence-corrected chi connectivity index (χ1v) is 7.47. The molecular formula is C17H23NO3. The van der Waals surface area contributed by atoms with Crippen LogP contribution in [0.25, 0.3) is 0 Å². The largest absolute Gasteiger partial charge is 0.481 e. The molecule has 114 valence electrons. The Balaban J connectivity index is 2.00. The molecule has 1 aliphatic rings. The number of hydrogen-bond donors (Lipinski definition) is 2. The van der Waals surface area contributed by atoms with Gasteiger partial charge >= 0.3 is 5.97 Å². The molecule has 1 unspecified atom stereocenters. The zero-order valence-corrected chi connectivity index (χ0v) is 12.7. The monoisotopic (exact) mass is 289 g/mol. The molecule has 1 atom stereocenters. The van der Waals surface area contributed by atoms with Crippen LogP contribution in [0.15, 0.2) is 24.3 Å². The van der Waals surface area contributed by atoms with Gasteiger partial charge in [-0.15, -0.1) is 0 Å². The molecule has 1 aromatic rings. The summed E-state index contributed by atoms with van der Waals surface area (Å²) in [5, 5.41) is 11.7. The van der Waals surface area contributed by atoms with Gasteiger partial charge in [-0.05, 0) is 42.4 Å². The van der Waals surface area contributed by atoms with E-state index in [1.807, 2.05) is 0 Å². The Bertz CT molecular complexity index is 537. The van der Waals surface area contributed by atoms with Crippen LogP contribution in [-0.4, -0.2) is 17.0 Å². The van der Waals surface area contributed by atoms with E-state index in [9.17, 15) is 9.59 Å². The maximum atomic E-state index is 12.4. The van der Waals surface area contributed by atoms with E-state index in [0.29, 0.717) is 11.3 Å². The van der Waals surface area contributed by atoms with Crippen molar-refractivity contribution in [1.29, 1.82) is 0 Å². The molecule has 0 heterocycles. The van der Waals surface area contributed by atoms with Gasteiger partial charge in [0, 0.05) is 11.6 Å². The van der Waals surface area contributed by atoms with Crippen LogP contribution in [0.1, 0.15) is 45.1 Å². The summed E-state index contributed by atoms with van der Waals surface area (Å²) in [6, 6.07) is 7.07. The molecule has 1 fully saturated rings. The first kappa shape index (κ1) is 15.5. The van der Waals surface area contributed by atoms with Gasteiger partial charge in [0.2, 0.25) is 5.91 Å². The Hall–Kier alpha value is -1.84. The molecule has 21 heavy (non-hydrogen) atoms. The molecule has 0 saturated heterocycles. The van der Waals surface area contributed by atoms with E-state index in [4.69, 9.17) is 5.11 Å². The average Bonchev–Trinajstić information content (AvgIpc) is 2.37. The number of amides is 1. The molecule has 1 amide bonds. The Kier molecular flexibility index (Phi) is 4.66. The standard InChI is InChI=1S/C17H23NO3/c1-17(2)8-4-6-13(11-17)16(21)18-14-7-3-5-12(9-14)10-15(19)20/h3,5,7,9,13H,4,6,8,10-11H2,1-2H3,(H,18,21)(H,19,20). The van der Waals surface area contributed by atoms with E-state index in [2.05, 4.69) is 19.2 Å². The van der Waals surface area contributed by atoms with Crippen LogP contribution < -0.4 is 5.32 Å². The van der Waals surface area contributed by atoms with Crippen molar-refractivity contribution in [2.75, 3.05) is 5.32 Å². The number of hydrogen-bond acceptors (Lipinski definition) is 2. The van der Waals surface area contributed by atoms with Crippen molar-refractivity contribution in [3.05, 3.63) is 29.8 Å².